The molecule has 0 fully saturated rings. The van der Waals surface area contributed by atoms with Gasteiger partial charge in [0.05, 0.1) is 18.3 Å². The number of nitrogens with zero attached hydrogens (tertiary/aromatic N) is 1. The number of hydrogen-bond donors (Lipinski definition) is 2. The molecule has 0 atom stereocenters. The van der Waals surface area contributed by atoms with Gasteiger partial charge in [-0.15, -0.1) is 11.3 Å². The van der Waals surface area contributed by atoms with Gasteiger partial charge in [0.2, 0.25) is 0 Å². The summed E-state index contributed by atoms with van der Waals surface area (Å²) in [5.74, 6) is 0.816. The zero-order chi connectivity index (χ0) is 12.1. The number of hydrogen-bond acceptors (Lipinski definition) is 5. The fourth-order valence-corrected chi connectivity index (χ4v) is 2.12. The Hall–Kier alpha value is -1.59. The normalized spacial score (nSPS) is 10.4. The van der Waals surface area contributed by atoms with Crippen molar-refractivity contribution in [2.45, 2.75) is 13.1 Å². The van der Waals surface area contributed by atoms with Crippen molar-refractivity contribution in [1.82, 2.24) is 10.3 Å². The van der Waals surface area contributed by atoms with Crippen LogP contribution in [0.2, 0.25) is 0 Å². The lowest BCUT2D eigenvalue weighted by Crippen LogP contribution is -2.13. The van der Waals surface area contributed by atoms with Gasteiger partial charge in [0.1, 0.15) is 5.75 Å². The lowest BCUT2D eigenvalue weighted by atomic mass is 10.2. The number of methoxy groups -OCH3 is 1. The molecule has 1 aromatic heterocycles. The molecule has 0 spiro atoms. The number of rotatable bonds is 5. The smallest absolute Gasteiger partial charge is 0.125 e. The van der Waals surface area contributed by atoms with E-state index in [1.54, 1.807) is 18.4 Å². The summed E-state index contributed by atoms with van der Waals surface area (Å²) < 4.78 is 5.28. The molecule has 0 unspecified atom stereocenters. The maximum atomic E-state index is 5.70. The number of nitrogens with one attached hydrogen (secondary N) is 1. The molecule has 0 radical (unpaired) electrons. The Labute approximate surface area is 104 Å². The van der Waals surface area contributed by atoms with E-state index in [-0.39, 0.29) is 0 Å². The van der Waals surface area contributed by atoms with Crippen LogP contribution in [-0.2, 0) is 13.1 Å². The van der Waals surface area contributed by atoms with Crippen LogP contribution in [0.25, 0.3) is 0 Å². The Balaban J connectivity index is 1.94. The fraction of sp³-hybridized carbons (Fsp3) is 0.250. The van der Waals surface area contributed by atoms with E-state index in [4.69, 9.17) is 10.5 Å². The summed E-state index contributed by atoms with van der Waals surface area (Å²) in [6, 6.07) is 5.68. The highest BCUT2D eigenvalue weighted by Crippen LogP contribution is 2.21. The summed E-state index contributed by atoms with van der Waals surface area (Å²) in [5.41, 5.74) is 10.4. The van der Waals surface area contributed by atoms with Gasteiger partial charge in [-0.2, -0.15) is 0 Å². The molecule has 0 aliphatic rings. The predicted molar refractivity (Wildman–Crippen MR) is 70.1 cm³/mol. The molecular weight excluding hydrogens is 234 g/mol. The number of anilines is 1. The van der Waals surface area contributed by atoms with Crippen LogP contribution in [0.5, 0.6) is 5.75 Å². The molecule has 17 heavy (non-hydrogen) atoms. The SMILES string of the molecule is COc1cc(N)ccc1CNCc1cscn1. The molecule has 90 valence electrons. The van der Waals surface area contributed by atoms with E-state index < -0.39 is 0 Å². The second-order valence-electron chi connectivity index (χ2n) is 3.65. The summed E-state index contributed by atoms with van der Waals surface area (Å²) in [5, 5.41) is 5.36. The van der Waals surface area contributed by atoms with Crippen LogP contribution in [0.15, 0.2) is 29.1 Å². The Morgan fingerprint density at radius 2 is 2.29 bits per heavy atom. The van der Waals surface area contributed by atoms with E-state index in [0.717, 1.165) is 30.1 Å². The van der Waals surface area contributed by atoms with Gasteiger partial charge in [0.25, 0.3) is 0 Å². The van der Waals surface area contributed by atoms with Crippen molar-refractivity contribution in [3.05, 3.63) is 40.3 Å². The number of nitrogen functional groups attached to an aromatic ring is 1. The van der Waals surface area contributed by atoms with Gasteiger partial charge in [0.15, 0.2) is 0 Å². The summed E-state index contributed by atoms with van der Waals surface area (Å²) in [7, 11) is 1.65. The molecule has 1 heterocycles. The van der Waals surface area contributed by atoms with Crippen LogP contribution >= 0.6 is 11.3 Å². The zero-order valence-electron chi connectivity index (χ0n) is 9.64. The molecule has 1 aromatic carbocycles. The number of thiazole rings is 1. The quantitative estimate of drug-likeness (QED) is 0.796. The summed E-state index contributed by atoms with van der Waals surface area (Å²) in [4.78, 5) is 4.21. The first-order valence-corrected chi connectivity index (χ1v) is 6.24. The van der Waals surface area contributed by atoms with E-state index >= 15 is 0 Å². The third-order valence-electron chi connectivity index (χ3n) is 2.42. The third kappa shape index (κ3) is 3.18. The van der Waals surface area contributed by atoms with Gasteiger partial charge in [-0.3, -0.25) is 0 Å². The average Bonchev–Trinajstić information content (AvgIpc) is 2.84. The molecule has 5 heteroatoms. The maximum Gasteiger partial charge on any atom is 0.125 e. The largest absolute Gasteiger partial charge is 0.496 e. The number of benzene rings is 1. The number of aromatic nitrogens is 1. The van der Waals surface area contributed by atoms with E-state index in [1.165, 1.54) is 0 Å². The van der Waals surface area contributed by atoms with Gasteiger partial charge in [0, 0.05) is 35.8 Å². The minimum absolute atomic E-state index is 0.713. The molecule has 4 nitrogen and oxygen atoms in total. The molecule has 0 bridgehead atoms. The monoisotopic (exact) mass is 249 g/mol. The topological polar surface area (TPSA) is 60.2 Å². The van der Waals surface area contributed by atoms with E-state index in [2.05, 4.69) is 10.3 Å². The molecule has 3 N–H and O–H groups in total. The Morgan fingerprint density at radius 3 is 3.00 bits per heavy atom. The van der Waals surface area contributed by atoms with Gasteiger partial charge in [-0.05, 0) is 6.07 Å². The van der Waals surface area contributed by atoms with Crippen molar-refractivity contribution in [2.24, 2.45) is 0 Å². The first-order chi connectivity index (χ1) is 8.29. The molecule has 0 aliphatic heterocycles. The fourth-order valence-electron chi connectivity index (χ4n) is 1.56. The minimum Gasteiger partial charge on any atom is -0.496 e. The number of nitrogens with two attached hydrogens (primary N) is 1. The van der Waals surface area contributed by atoms with Crippen LogP contribution in [0.4, 0.5) is 5.69 Å². The lowest BCUT2D eigenvalue weighted by Gasteiger charge is -2.09. The average molecular weight is 249 g/mol. The molecule has 2 aromatic rings. The van der Waals surface area contributed by atoms with Gasteiger partial charge in [-0.1, -0.05) is 6.07 Å². The number of ether oxygens (including phenoxy) is 1. The van der Waals surface area contributed by atoms with Gasteiger partial charge >= 0.3 is 0 Å². The molecule has 0 aliphatic carbocycles. The first kappa shape index (κ1) is 11.9. The van der Waals surface area contributed by atoms with Crippen molar-refractivity contribution < 1.29 is 4.74 Å². The van der Waals surface area contributed by atoms with Crippen LogP contribution in [-0.4, -0.2) is 12.1 Å². The van der Waals surface area contributed by atoms with E-state index in [9.17, 15) is 0 Å². The van der Waals surface area contributed by atoms with Gasteiger partial charge in [-0.25, -0.2) is 4.98 Å². The standard InChI is InChI=1S/C12H15N3OS/c1-16-12-4-10(13)3-2-9(12)5-14-6-11-7-17-8-15-11/h2-4,7-8,14H,5-6,13H2,1H3. The van der Waals surface area contributed by atoms with Crippen molar-refractivity contribution >= 4 is 17.0 Å². The predicted octanol–water partition coefficient (Wildman–Crippen LogP) is 2.02. The molecule has 0 saturated heterocycles. The Kier molecular flexibility index (Phi) is 3.95. The summed E-state index contributed by atoms with van der Waals surface area (Å²) >= 11 is 1.60. The second-order valence-corrected chi connectivity index (χ2v) is 4.37. The van der Waals surface area contributed by atoms with E-state index in [1.807, 2.05) is 29.1 Å². The lowest BCUT2D eigenvalue weighted by molar-refractivity contribution is 0.408. The maximum absolute atomic E-state index is 5.70. The van der Waals surface area contributed by atoms with Crippen LogP contribution in [0.3, 0.4) is 0 Å². The van der Waals surface area contributed by atoms with E-state index in [0.29, 0.717) is 5.69 Å². The Morgan fingerprint density at radius 1 is 1.41 bits per heavy atom. The highest BCUT2D eigenvalue weighted by atomic mass is 32.1. The minimum atomic E-state index is 0.713. The molecule has 2 rings (SSSR count). The van der Waals surface area contributed by atoms with Crippen molar-refractivity contribution in [3.63, 3.8) is 0 Å². The first-order valence-electron chi connectivity index (χ1n) is 5.30. The summed E-state index contributed by atoms with van der Waals surface area (Å²) in [6.07, 6.45) is 0. The third-order valence-corrected chi connectivity index (χ3v) is 3.05. The van der Waals surface area contributed by atoms with Crippen molar-refractivity contribution in [3.8, 4) is 5.75 Å². The molecule has 0 amide bonds. The Bertz CT molecular complexity index is 471. The molecular formula is C12H15N3OS. The van der Waals surface area contributed by atoms with Crippen LogP contribution < -0.4 is 15.8 Å². The second kappa shape index (κ2) is 5.65. The van der Waals surface area contributed by atoms with Crippen LogP contribution in [0, 0.1) is 0 Å². The zero-order valence-corrected chi connectivity index (χ0v) is 10.5. The molecule has 0 saturated carbocycles. The van der Waals surface area contributed by atoms with Crippen molar-refractivity contribution in [2.75, 3.05) is 12.8 Å². The van der Waals surface area contributed by atoms with Gasteiger partial charge < -0.3 is 15.8 Å². The van der Waals surface area contributed by atoms with Crippen molar-refractivity contribution in [1.29, 1.82) is 0 Å². The van der Waals surface area contributed by atoms with Crippen LogP contribution in [0.1, 0.15) is 11.3 Å². The highest BCUT2D eigenvalue weighted by molar-refractivity contribution is 7.07. The highest BCUT2D eigenvalue weighted by Gasteiger charge is 2.03. The summed E-state index contributed by atoms with van der Waals surface area (Å²) in [6.45, 7) is 1.50.